The molecule has 2 heterocycles. The summed E-state index contributed by atoms with van der Waals surface area (Å²) in [7, 11) is 0. The van der Waals surface area contributed by atoms with Crippen LogP contribution in [-0.4, -0.2) is 145 Å². The highest BCUT2D eigenvalue weighted by Crippen LogP contribution is 2.20. The highest BCUT2D eigenvalue weighted by Gasteiger charge is 2.35. The van der Waals surface area contributed by atoms with E-state index in [9.17, 15) is 58.5 Å². The summed E-state index contributed by atoms with van der Waals surface area (Å²) in [6, 6.07) is 2.74. The monoisotopic (exact) mass is 1060 g/mol. The van der Waals surface area contributed by atoms with Crippen LogP contribution < -0.4 is 54.4 Å². The molecule has 7 amide bonds. The number of phenolic OH excluding ortho intramolecular Hbond substituents is 1. The van der Waals surface area contributed by atoms with Crippen molar-refractivity contribution in [3.8, 4) is 5.75 Å². The lowest BCUT2D eigenvalue weighted by molar-refractivity contribution is -0.143. The zero-order chi connectivity index (χ0) is 56.1. The van der Waals surface area contributed by atoms with Gasteiger partial charge in [-0.05, 0) is 60.4 Å². The van der Waals surface area contributed by atoms with Crippen LogP contribution in [0.15, 0.2) is 72.2 Å². The Balaban J connectivity index is 1.56. The van der Waals surface area contributed by atoms with E-state index < -0.39 is 109 Å². The molecule has 76 heavy (non-hydrogen) atoms. The molecule has 0 unspecified atom stereocenters. The maximum Gasteiger partial charge on any atom is 0.326 e. The fraction of sp³-hybridized carbons (Fsp3) is 0.460. The van der Waals surface area contributed by atoms with Gasteiger partial charge in [0.25, 0.3) is 0 Å². The second-order valence-corrected chi connectivity index (χ2v) is 18.8. The number of carboxylic acids is 2. The van der Waals surface area contributed by atoms with Crippen LogP contribution in [0.2, 0.25) is 0 Å². The number of carbonyl (C=O) groups excluding carboxylic acids is 7. The van der Waals surface area contributed by atoms with Crippen LogP contribution in [0.25, 0.3) is 10.9 Å². The van der Waals surface area contributed by atoms with Crippen molar-refractivity contribution < 1.29 is 58.5 Å². The Labute approximate surface area is 438 Å². The van der Waals surface area contributed by atoms with Crippen molar-refractivity contribution in [3.63, 3.8) is 0 Å². The number of imidazole rings is 1. The summed E-state index contributed by atoms with van der Waals surface area (Å²) in [5.74, 6) is -9.80. The number of carbonyl (C=O) groups is 9. The van der Waals surface area contributed by atoms with Gasteiger partial charge >= 0.3 is 11.9 Å². The third kappa shape index (κ3) is 19.4. The number of hydrogen-bond acceptors (Lipinski definition) is 13. The summed E-state index contributed by atoms with van der Waals surface area (Å²) in [6.45, 7) is 6.67. The number of nitrogens with zero attached hydrogens (tertiary/aromatic N) is 2. The Morgan fingerprint density at radius 2 is 1.30 bits per heavy atom. The predicted octanol–water partition coefficient (Wildman–Crippen LogP) is -1.32. The maximum absolute atomic E-state index is 14.2. The van der Waals surface area contributed by atoms with Crippen LogP contribution in [0.1, 0.15) is 76.6 Å². The Morgan fingerprint density at radius 1 is 0.697 bits per heavy atom. The number of carboxylic acid groups (broad SMARTS) is 2. The quantitative estimate of drug-likeness (QED) is 0.0158. The van der Waals surface area contributed by atoms with Crippen molar-refractivity contribution in [2.45, 2.75) is 121 Å². The van der Waals surface area contributed by atoms with E-state index in [0.29, 0.717) is 28.6 Å². The van der Waals surface area contributed by atoms with Gasteiger partial charge in [0.2, 0.25) is 41.4 Å². The van der Waals surface area contributed by atoms with Crippen LogP contribution in [0.3, 0.4) is 0 Å². The number of guanidine groups is 1. The SMILES string of the molecule is CC[C@H](C)[C@@H](N)C(=O)N[C@H](CC(C)C)C(=O)NCC(=O)N[C@H](Cc1cnc[nH]1)C(=O)N[C@H](CCCN=C(N)N)C(=O)N[C@H](CC(=O)O)C(=O)N[C@H](Cc1ccc(O)cc1)C(=O)N[C@H](Cc1c[nH]c2ccccc12)C(=O)O. The molecule has 0 spiro atoms. The molecule has 0 aliphatic heterocycles. The number of aromatic amines is 2. The van der Waals surface area contributed by atoms with Crippen molar-refractivity contribution in [1.29, 1.82) is 0 Å². The summed E-state index contributed by atoms with van der Waals surface area (Å²) in [5.41, 5.74) is 19.1. The van der Waals surface area contributed by atoms with E-state index >= 15 is 0 Å². The number of aromatic hydroxyl groups is 1. The topological polar surface area (TPSA) is 433 Å². The second kappa shape index (κ2) is 29.4. The predicted molar refractivity (Wildman–Crippen MR) is 277 cm³/mol. The molecule has 0 fully saturated rings. The number of phenols is 1. The number of aromatic nitrogens is 3. The molecule has 4 aromatic rings. The van der Waals surface area contributed by atoms with Gasteiger partial charge in [0, 0.05) is 54.8 Å². The first-order valence-corrected chi connectivity index (χ1v) is 24.7. The summed E-state index contributed by atoms with van der Waals surface area (Å²) in [5, 5.41) is 48.3. The minimum Gasteiger partial charge on any atom is -0.508 e. The molecule has 0 bridgehead atoms. The lowest BCUT2D eigenvalue weighted by Crippen LogP contribution is -2.60. The number of H-pyrrole nitrogens is 2. The Bertz CT molecular complexity index is 2650. The Hall–Kier alpha value is -8.55. The van der Waals surface area contributed by atoms with Gasteiger partial charge in [0.05, 0.1) is 25.3 Å². The van der Waals surface area contributed by atoms with Gasteiger partial charge in [0.1, 0.15) is 42.0 Å². The molecule has 18 N–H and O–H groups in total. The smallest absolute Gasteiger partial charge is 0.326 e. The first-order chi connectivity index (χ1) is 36.0. The normalized spacial score (nSPS) is 14.3. The van der Waals surface area contributed by atoms with Gasteiger partial charge < -0.3 is 79.7 Å². The number of nitrogens with two attached hydrogens (primary N) is 3. The maximum atomic E-state index is 14.2. The van der Waals surface area contributed by atoms with Crippen molar-refractivity contribution >= 4 is 70.2 Å². The fourth-order valence-corrected chi connectivity index (χ4v) is 7.89. The van der Waals surface area contributed by atoms with Crippen LogP contribution in [0, 0.1) is 11.8 Å². The number of rotatable bonds is 31. The van der Waals surface area contributed by atoms with Gasteiger partial charge in [-0.1, -0.05) is 64.4 Å². The number of hydrogen-bond donors (Lipinski definition) is 15. The van der Waals surface area contributed by atoms with Crippen LogP contribution >= 0.6 is 0 Å². The number of benzene rings is 2. The molecule has 8 atom stereocenters. The Morgan fingerprint density at radius 3 is 1.92 bits per heavy atom. The van der Waals surface area contributed by atoms with Gasteiger partial charge in [-0.2, -0.15) is 0 Å². The highest BCUT2D eigenvalue weighted by molar-refractivity contribution is 5.98. The summed E-state index contributed by atoms with van der Waals surface area (Å²) in [6.07, 6.45) is 3.28. The Kier molecular flexibility index (Phi) is 23.2. The molecular weight excluding hydrogens is 989 g/mol. The van der Waals surface area contributed by atoms with Gasteiger partial charge in [-0.3, -0.25) is 43.3 Å². The van der Waals surface area contributed by atoms with Gasteiger partial charge in [-0.25, -0.2) is 9.78 Å². The van der Waals surface area contributed by atoms with E-state index in [4.69, 9.17) is 17.2 Å². The molecule has 0 aliphatic rings. The van der Waals surface area contributed by atoms with E-state index in [0.717, 1.165) is 5.52 Å². The average molecular weight is 1060 g/mol. The zero-order valence-electron chi connectivity index (χ0n) is 42.8. The summed E-state index contributed by atoms with van der Waals surface area (Å²) < 4.78 is 0. The van der Waals surface area contributed by atoms with E-state index in [-0.39, 0.29) is 68.6 Å². The first-order valence-electron chi connectivity index (χ1n) is 24.7. The van der Waals surface area contributed by atoms with Crippen molar-refractivity contribution in [3.05, 3.63) is 84.1 Å². The number of para-hydroxylation sites is 1. The average Bonchev–Trinajstić information content (AvgIpc) is 4.05. The number of aliphatic carboxylic acids is 2. The van der Waals surface area contributed by atoms with Gasteiger partial charge in [0.15, 0.2) is 5.96 Å². The molecule has 2 aromatic carbocycles. The fourth-order valence-electron chi connectivity index (χ4n) is 7.89. The van der Waals surface area contributed by atoms with Crippen molar-refractivity contribution in [2.75, 3.05) is 13.1 Å². The molecule has 26 heteroatoms. The van der Waals surface area contributed by atoms with Crippen molar-refractivity contribution in [1.82, 2.24) is 52.2 Å². The van der Waals surface area contributed by atoms with E-state index in [1.165, 1.54) is 36.8 Å². The molecule has 26 nitrogen and oxygen atoms in total. The largest absolute Gasteiger partial charge is 0.508 e. The van der Waals surface area contributed by atoms with Crippen molar-refractivity contribution in [2.24, 2.45) is 34.0 Å². The number of amides is 7. The summed E-state index contributed by atoms with van der Waals surface area (Å²) >= 11 is 0. The number of fused-ring (bicyclic) bond motifs is 1. The number of nitrogens with one attached hydrogen (secondary N) is 9. The molecule has 4 rings (SSSR count). The van der Waals surface area contributed by atoms with Crippen LogP contribution in [0.4, 0.5) is 0 Å². The van der Waals surface area contributed by atoms with Crippen LogP contribution in [0.5, 0.6) is 5.75 Å². The van der Waals surface area contributed by atoms with E-state index in [2.05, 4.69) is 57.2 Å². The molecule has 2 aromatic heterocycles. The van der Waals surface area contributed by atoms with Crippen LogP contribution in [-0.2, 0) is 62.4 Å². The van der Waals surface area contributed by atoms with E-state index in [1.54, 1.807) is 37.4 Å². The van der Waals surface area contributed by atoms with E-state index in [1.807, 2.05) is 20.8 Å². The molecule has 0 radical (unpaired) electrons. The lowest BCUT2D eigenvalue weighted by atomic mass is 9.97. The second-order valence-electron chi connectivity index (χ2n) is 18.8. The highest BCUT2D eigenvalue weighted by atomic mass is 16.4. The molecule has 412 valence electrons. The third-order valence-electron chi connectivity index (χ3n) is 12.3. The standard InChI is InChI=1S/C50H70N14O12/c1-5-27(4)42(51)48(74)63-35(17-26(2)3)43(69)57-24-40(66)59-37(20-30-23-54-25-58-30)46(72)60-34(11-8-16-55-50(52)53)44(70)62-38(21-41(67)68)47(73)61-36(18-28-12-14-31(65)15-13-28)45(71)64-39(49(75)76)19-29-22-56-33-10-7-6-9-32(29)33/h6-7,9-10,12-15,22-23,25-27,34-39,42,56,65H,5,8,11,16-21,24,51H2,1-4H3,(H,54,58)(H,57,69)(H,59,66)(H,60,72)(H,61,73)(H,62,70)(H,63,74)(H,64,71)(H,67,68)(H,75,76)(H4,52,53,55)/t27-,34+,35+,36+,37+,38+,39+,42+/m0/s1. The van der Waals surface area contributed by atoms with Gasteiger partial charge in [-0.15, -0.1) is 0 Å². The molecular formula is C50H70N14O12. The first kappa shape index (κ1) is 60.0. The lowest BCUT2D eigenvalue weighted by Gasteiger charge is -2.27. The molecule has 0 saturated carbocycles. The minimum absolute atomic E-state index is 0.0391. The molecule has 0 saturated heterocycles. The zero-order valence-corrected chi connectivity index (χ0v) is 42.8. The molecule has 0 aliphatic carbocycles. The summed E-state index contributed by atoms with van der Waals surface area (Å²) in [4.78, 5) is 135. The third-order valence-corrected chi connectivity index (χ3v) is 12.3. The minimum atomic E-state index is -1.90. The number of aliphatic imine (C=N–C) groups is 1.